The van der Waals surface area contributed by atoms with Crippen molar-refractivity contribution >= 4 is 23.1 Å². The Labute approximate surface area is 91.5 Å². The summed E-state index contributed by atoms with van der Waals surface area (Å²) < 4.78 is 52.5. The number of halogens is 3. The lowest BCUT2D eigenvalue weighted by molar-refractivity contribution is -0.137. The van der Waals surface area contributed by atoms with E-state index in [1.54, 1.807) is 5.16 Å². The molecule has 0 spiro atoms. The van der Waals surface area contributed by atoms with Crippen LogP contribution in [0.1, 0.15) is 13.9 Å². The van der Waals surface area contributed by atoms with Gasteiger partial charge in [0.05, 0.1) is 30.8 Å². The zero-order valence-corrected chi connectivity index (χ0v) is 7.83. The Morgan fingerprint density at radius 1 is 1.53 bits per heavy atom. The van der Waals surface area contributed by atoms with Crippen LogP contribution >= 0.6 is 12.2 Å². The summed E-state index contributed by atoms with van der Waals surface area (Å²) in [7, 11) is 0. The van der Waals surface area contributed by atoms with Crippen LogP contribution in [0.15, 0.2) is 23.1 Å². The van der Waals surface area contributed by atoms with Gasteiger partial charge in [0.2, 0.25) is 0 Å². The molecule has 0 bridgehead atoms. The normalized spacial score (nSPS) is 12.1. The molecule has 2 nitrogen and oxygen atoms in total. The maximum atomic E-state index is 12.6. The van der Waals surface area contributed by atoms with Gasteiger partial charge in [-0.05, 0) is 30.4 Å². The molecule has 6 heteroatoms. The largest absolute Gasteiger partial charge is 0.417 e. The zero-order valence-electron chi connectivity index (χ0n) is 9.01. The van der Waals surface area contributed by atoms with Crippen molar-refractivity contribution in [2.45, 2.75) is 6.18 Å². The first kappa shape index (κ1) is 8.60. The van der Waals surface area contributed by atoms with Gasteiger partial charge in [-0.1, -0.05) is 0 Å². The third-order valence-electron chi connectivity index (χ3n) is 1.43. The lowest BCUT2D eigenvalue weighted by atomic mass is 10.1. The van der Waals surface area contributed by atoms with Gasteiger partial charge in [-0.25, -0.2) is 0 Å². The number of nitriles is 1. The van der Waals surface area contributed by atoms with Crippen molar-refractivity contribution in [2.75, 3.05) is 0 Å². The molecule has 1 rings (SSSR count). The van der Waals surface area contributed by atoms with Gasteiger partial charge in [0.15, 0.2) is 0 Å². The van der Waals surface area contributed by atoms with Gasteiger partial charge in [-0.2, -0.15) is 23.4 Å². The molecular formula is C9H3F3N2S. The number of benzene rings is 1. The van der Waals surface area contributed by atoms with E-state index in [0.29, 0.717) is 6.07 Å². The lowest BCUT2D eigenvalue weighted by Gasteiger charge is -2.08. The number of isothiocyanates is 1. The lowest BCUT2D eigenvalue weighted by Crippen LogP contribution is -2.07. The minimum absolute atomic E-state index is 0.475. The first-order valence-corrected chi connectivity index (χ1v) is 3.93. The standard InChI is InChI=1S/C9H3F3N2S/c10-9(11,12)8-3-7(14-5-15)2-1-6(8)4-13/h1-3H/i2D,3D. The molecule has 0 aromatic heterocycles. The Morgan fingerprint density at radius 3 is 2.67 bits per heavy atom. The molecule has 0 radical (unpaired) electrons. The highest BCUT2D eigenvalue weighted by atomic mass is 32.1. The van der Waals surface area contributed by atoms with Crippen molar-refractivity contribution in [3.63, 3.8) is 0 Å². The zero-order chi connectivity index (χ0) is 13.2. The number of hydrogen-bond acceptors (Lipinski definition) is 3. The quantitative estimate of drug-likeness (QED) is 0.548. The number of rotatable bonds is 1. The van der Waals surface area contributed by atoms with Crippen molar-refractivity contribution in [3.8, 4) is 6.07 Å². The van der Waals surface area contributed by atoms with E-state index in [2.05, 4.69) is 17.2 Å². The average Bonchev–Trinajstić information content (AvgIpc) is 2.21. The number of hydrogen-bond donors (Lipinski definition) is 0. The number of alkyl halides is 3. The van der Waals surface area contributed by atoms with E-state index in [1.807, 2.05) is 0 Å². The monoisotopic (exact) mass is 230 g/mol. The van der Waals surface area contributed by atoms with E-state index in [0.717, 1.165) is 0 Å². The average molecular weight is 230 g/mol. The van der Waals surface area contributed by atoms with Crippen LogP contribution in [0.5, 0.6) is 0 Å². The Balaban J connectivity index is 3.75. The summed E-state index contributed by atoms with van der Waals surface area (Å²) in [6.07, 6.45) is -4.86. The maximum Gasteiger partial charge on any atom is 0.417 e. The van der Waals surface area contributed by atoms with E-state index >= 15 is 0 Å². The molecule has 0 saturated heterocycles. The van der Waals surface area contributed by atoms with E-state index < -0.39 is 35.1 Å². The summed E-state index contributed by atoms with van der Waals surface area (Å²) in [5.74, 6) is 0. The van der Waals surface area contributed by atoms with Gasteiger partial charge in [0, 0.05) is 0 Å². The van der Waals surface area contributed by atoms with Gasteiger partial charge in [-0.15, -0.1) is 0 Å². The first-order valence-electron chi connectivity index (χ1n) is 4.52. The Morgan fingerprint density at radius 2 is 2.20 bits per heavy atom. The predicted molar refractivity (Wildman–Crippen MR) is 50.8 cm³/mol. The van der Waals surface area contributed by atoms with Crippen LogP contribution in [0, 0.1) is 11.3 Å². The molecule has 0 saturated carbocycles. The molecule has 0 atom stereocenters. The van der Waals surface area contributed by atoms with Crippen LogP contribution in [0.25, 0.3) is 0 Å². The summed E-state index contributed by atoms with van der Waals surface area (Å²) in [6.45, 7) is 0. The third kappa shape index (κ3) is 2.62. The molecule has 0 aliphatic rings. The summed E-state index contributed by atoms with van der Waals surface area (Å²) in [5.41, 5.74) is -2.75. The van der Waals surface area contributed by atoms with Crippen molar-refractivity contribution in [2.24, 2.45) is 4.99 Å². The smallest absolute Gasteiger partial charge is 0.195 e. The van der Waals surface area contributed by atoms with Crippen molar-refractivity contribution in [1.82, 2.24) is 0 Å². The molecule has 76 valence electrons. The van der Waals surface area contributed by atoms with E-state index in [4.69, 9.17) is 8.00 Å². The van der Waals surface area contributed by atoms with E-state index in [1.165, 1.54) is 6.07 Å². The van der Waals surface area contributed by atoms with Crippen LogP contribution in [0.3, 0.4) is 0 Å². The molecule has 0 unspecified atom stereocenters. The molecule has 0 aliphatic carbocycles. The summed E-state index contributed by atoms with van der Waals surface area (Å²) in [6, 6.07) is 0.488. The highest BCUT2D eigenvalue weighted by Crippen LogP contribution is 2.33. The fraction of sp³-hybridized carbons (Fsp3) is 0.111. The Hall–Kier alpha value is -1.70. The van der Waals surface area contributed by atoms with Crippen LogP contribution in [0.2, 0.25) is 0 Å². The van der Waals surface area contributed by atoms with Gasteiger partial charge in [-0.3, -0.25) is 0 Å². The van der Waals surface area contributed by atoms with Gasteiger partial charge < -0.3 is 0 Å². The predicted octanol–water partition coefficient (Wildman–Crippen LogP) is 3.31. The van der Waals surface area contributed by atoms with E-state index in [-0.39, 0.29) is 0 Å². The molecule has 0 N–H and O–H groups in total. The molecule has 15 heavy (non-hydrogen) atoms. The van der Waals surface area contributed by atoms with Crippen molar-refractivity contribution in [3.05, 3.63) is 29.3 Å². The SMILES string of the molecule is [2H]c1cc(C#N)c(C(F)(F)F)c([2H])c1N=C=S. The second-order valence-electron chi connectivity index (χ2n) is 2.36. The summed E-state index contributed by atoms with van der Waals surface area (Å²) in [4.78, 5) is 3.24. The number of aliphatic imine (C=N–C) groups is 1. The van der Waals surface area contributed by atoms with Crippen LogP contribution in [0.4, 0.5) is 18.9 Å². The van der Waals surface area contributed by atoms with Crippen LogP contribution in [-0.4, -0.2) is 5.16 Å². The molecule has 0 heterocycles. The topological polar surface area (TPSA) is 36.1 Å². The molecule has 1 aromatic rings. The van der Waals surface area contributed by atoms with Crippen molar-refractivity contribution < 1.29 is 15.9 Å². The summed E-state index contributed by atoms with van der Waals surface area (Å²) >= 11 is 4.22. The fourth-order valence-electron chi connectivity index (χ4n) is 0.852. The highest BCUT2D eigenvalue weighted by molar-refractivity contribution is 7.78. The molecule has 0 aliphatic heterocycles. The number of nitrogens with zero attached hydrogens (tertiary/aromatic N) is 2. The Bertz CT molecular complexity index is 557. The second-order valence-corrected chi connectivity index (χ2v) is 2.55. The third-order valence-corrected chi connectivity index (χ3v) is 1.52. The molecule has 0 fully saturated rings. The van der Waals surface area contributed by atoms with Gasteiger partial charge in [0.1, 0.15) is 0 Å². The number of thiocarbonyl (C=S) groups is 1. The Kier molecular flexibility index (Phi) is 2.42. The summed E-state index contributed by atoms with van der Waals surface area (Å²) in [5, 5.41) is 10.4. The fourth-order valence-corrected chi connectivity index (χ4v) is 0.943. The van der Waals surface area contributed by atoms with Gasteiger partial charge in [0.25, 0.3) is 0 Å². The first-order chi connectivity index (χ1) is 7.82. The minimum atomic E-state index is -4.86. The van der Waals surface area contributed by atoms with Crippen molar-refractivity contribution in [1.29, 1.82) is 5.26 Å². The minimum Gasteiger partial charge on any atom is -0.195 e. The van der Waals surface area contributed by atoms with Gasteiger partial charge >= 0.3 is 6.18 Å². The highest BCUT2D eigenvalue weighted by Gasteiger charge is 2.33. The van der Waals surface area contributed by atoms with Crippen LogP contribution < -0.4 is 0 Å². The molecule has 0 amide bonds. The van der Waals surface area contributed by atoms with Crippen LogP contribution in [-0.2, 0) is 6.18 Å². The second kappa shape index (κ2) is 4.22. The molecule has 1 aromatic carbocycles. The molecular weight excluding hydrogens is 225 g/mol. The van der Waals surface area contributed by atoms with E-state index in [9.17, 15) is 13.2 Å². The maximum absolute atomic E-state index is 12.6.